The second-order valence-corrected chi connectivity index (χ2v) is 6.64. The van der Waals surface area contributed by atoms with Gasteiger partial charge in [0.05, 0.1) is 0 Å². The van der Waals surface area contributed by atoms with Crippen molar-refractivity contribution in [2.24, 2.45) is 0 Å². The van der Waals surface area contributed by atoms with Crippen LogP contribution >= 0.6 is 0 Å². The number of amides is 1. The van der Waals surface area contributed by atoms with Gasteiger partial charge in [-0.2, -0.15) is 0 Å². The molecule has 1 aliphatic heterocycles. The molecule has 1 aromatic carbocycles. The number of hydrogen-bond acceptors (Lipinski definition) is 3. The Morgan fingerprint density at radius 1 is 1.04 bits per heavy atom. The molecule has 3 aromatic rings. The first-order valence-electron chi connectivity index (χ1n) is 8.89. The van der Waals surface area contributed by atoms with Crippen molar-refractivity contribution < 1.29 is 9.18 Å². The van der Waals surface area contributed by atoms with Gasteiger partial charge in [-0.05, 0) is 36.2 Å². The highest BCUT2D eigenvalue weighted by atomic mass is 19.1. The number of pyridine rings is 1. The van der Waals surface area contributed by atoms with Crippen molar-refractivity contribution in [3.05, 3.63) is 71.9 Å². The second kappa shape index (κ2) is 7.25. The van der Waals surface area contributed by atoms with Crippen molar-refractivity contribution in [3.63, 3.8) is 0 Å². The lowest BCUT2D eigenvalue weighted by molar-refractivity contribution is 0.0756. The lowest BCUT2D eigenvalue weighted by Gasteiger charge is -2.21. The van der Waals surface area contributed by atoms with Crippen LogP contribution in [0.2, 0.25) is 0 Å². The Hall–Kier alpha value is -2.73. The maximum atomic E-state index is 13.0. The fraction of sp³-hybridized carbons (Fsp3) is 0.300. The third-order valence-electron chi connectivity index (χ3n) is 4.78. The molecule has 4 rings (SSSR count). The summed E-state index contributed by atoms with van der Waals surface area (Å²) in [5.41, 5.74) is 2.36. The summed E-state index contributed by atoms with van der Waals surface area (Å²) in [5.74, 6) is -0.230. The molecule has 0 bridgehead atoms. The Morgan fingerprint density at radius 2 is 1.88 bits per heavy atom. The van der Waals surface area contributed by atoms with Gasteiger partial charge in [-0.3, -0.25) is 9.69 Å². The van der Waals surface area contributed by atoms with E-state index in [2.05, 4.69) is 9.88 Å². The van der Waals surface area contributed by atoms with Gasteiger partial charge in [-0.15, -0.1) is 0 Å². The molecule has 134 valence electrons. The van der Waals surface area contributed by atoms with Gasteiger partial charge < -0.3 is 9.30 Å². The summed E-state index contributed by atoms with van der Waals surface area (Å²) in [6.45, 7) is 3.90. The van der Waals surface area contributed by atoms with E-state index in [0.717, 1.165) is 43.8 Å². The summed E-state index contributed by atoms with van der Waals surface area (Å²) in [4.78, 5) is 21.4. The molecule has 1 aliphatic rings. The van der Waals surface area contributed by atoms with Crippen LogP contribution in [0.4, 0.5) is 4.39 Å². The van der Waals surface area contributed by atoms with E-state index in [9.17, 15) is 9.18 Å². The van der Waals surface area contributed by atoms with Gasteiger partial charge in [0.1, 0.15) is 17.2 Å². The van der Waals surface area contributed by atoms with Crippen molar-refractivity contribution in [1.82, 2.24) is 19.2 Å². The summed E-state index contributed by atoms with van der Waals surface area (Å²) >= 11 is 0. The molecule has 6 heteroatoms. The van der Waals surface area contributed by atoms with Crippen molar-refractivity contribution >= 4 is 11.6 Å². The van der Waals surface area contributed by atoms with Crippen molar-refractivity contribution in [3.8, 4) is 0 Å². The zero-order chi connectivity index (χ0) is 17.9. The largest absolute Gasteiger partial charge is 0.336 e. The van der Waals surface area contributed by atoms with E-state index < -0.39 is 0 Å². The number of benzene rings is 1. The van der Waals surface area contributed by atoms with Crippen LogP contribution < -0.4 is 0 Å². The minimum atomic E-state index is -0.214. The average Bonchev–Trinajstić information content (AvgIpc) is 2.96. The van der Waals surface area contributed by atoms with E-state index in [4.69, 9.17) is 0 Å². The van der Waals surface area contributed by atoms with Crippen LogP contribution in [0.15, 0.2) is 54.9 Å². The smallest absolute Gasteiger partial charge is 0.274 e. The second-order valence-electron chi connectivity index (χ2n) is 6.64. The molecule has 1 amide bonds. The monoisotopic (exact) mass is 352 g/mol. The fourth-order valence-electron chi connectivity index (χ4n) is 3.38. The van der Waals surface area contributed by atoms with Crippen LogP contribution in [0.3, 0.4) is 0 Å². The number of carbonyl (C=O) groups is 1. The summed E-state index contributed by atoms with van der Waals surface area (Å²) in [6.07, 6.45) is 4.60. The number of imidazole rings is 1. The highest BCUT2D eigenvalue weighted by Crippen LogP contribution is 2.13. The number of halogens is 1. The third kappa shape index (κ3) is 3.60. The normalized spacial score (nSPS) is 16.0. The van der Waals surface area contributed by atoms with E-state index in [1.54, 1.807) is 6.20 Å². The van der Waals surface area contributed by atoms with Crippen LogP contribution in [0.5, 0.6) is 0 Å². The predicted octanol–water partition coefficient (Wildman–Crippen LogP) is 2.82. The van der Waals surface area contributed by atoms with Crippen LogP contribution in [-0.4, -0.2) is 51.3 Å². The maximum absolute atomic E-state index is 13.0. The summed E-state index contributed by atoms with van der Waals surface area (Å²) < 4.78 is 14.9. The Morgan fingerprint density at radius 3 is 2.69 bits per heavy atom. The molecule has 3 heterocycles. The number of nitrogens with zero attached hydrogens (tertiary/aromatic N) is 4. The first-order valence-corrected chi connectivity index (χ1v) is 8.89. The third-order valence-corrected chi connectivity index (χ3v) is 4.78. The van der Waals surface area contributed by atoms with E-state index in [1.165, 1.54) is 12.1 Å². The topological polar surface area (TPSA) is 40.9 Å². The zero-order valence-corrected chi connectivity index (χ0v) is 14.5. The summed E-state index contributed by atoms with van der Waals surface area (Å²) in [5, 5.41) is 0. The quantitative estimate of drug-likeness (QED) is 0.728. The van der Waals surface area contributed by atoms with E-state index in [1.807, 2.05) is 45.8 Å². The average molecular weight is 352 g/mol. The molecule has 2 aromatic heterocycles. The zero-order valence-electron chi connectivity index (χ0n) is 14.5. The summed E-state index contributed by atoms with van der Waals surface area (Å²) in [6, 6.07) is 12.3. The lowest BCUT2D eigenvalue weighted by atomic mass is 10.2. The summed E-state index contributed by atoms with van der Waals surface area (Å²) in [7, 11) is 0. The van der Waals surface area contributed by atoms with Gasteiger partial charge in [0.25, 0.3) is 5.91 Å². The van der Waals surface area contributed by atoms with Crippen molar-refractivity contribution in [1.29, 1.82) is 0 Å². The van der Waals surface area contributed by atoms with Crippen LogP contribution in [0.1, 0.15) is 22.5 Å². The van der Waals surface area contributed by atoms with Gasteiger partial charge in [0, 0.05) is 45.1 Å². The Kier molecular flexibility index (Phi) is 4.67. The predicted molar refractivity (Wildman–Crippen MR) is 97.4 cm³/mol. The van der Waals surface area contributed by atoms with Gasteiger partial charge in [-0.1, -0.05) is 18.2 Å². The van der Waals surface area contributed by atoms with E-state index >= 15 is 0 Å². The number of carbonyl (C=O) groups excluding carboxylic acids is 1. The molecule has 0 aliphatic carbocycles. The first-order chi connectivity index (χ1) is 12.7. The molecule has 5 nitrogen and oxygen atoms in total. The standard InChI is InChI=1S/C20H21FN4O/c21-17-7-5-16(6-8-17)14-23-9-3-11-24(13-12-23)20(26)18-15-25-10-2-1-4-19(25)22-18/h1-2,4-8,10,15H,3,9,11-14H2. The minimum Gasteiger partial charge on any atom is -0.336 e. The van der Waals surface area contributed by atoms with Crippen molar-refractivity contribution in [2.75, 3.05) is 26.2 Å². The molecular weight excluding hydrogens is 331 g/mol. The Labute approximate surface area is 151 Å². The minimum absolute atomic E-state index is 0.0164. The molecule has 0 atom stereocenters. The molecule has 0 unspecified atom stereocenters. The van der Waals surface area contributed by atoms with Gasteiger partial charge >= 0.3 is 0 Å². The van der Waals surface area contributed by atoms with Gasteiger partial charge in [0.15, 0.2) is 0 Å². The number of hydrogen-bond donors (Lipinski definition) is 0. The molecule has 1 fully saturated rings. The first kappa shape index (κ1) is 16.7. The van der Waals surface area contributed by atoms with Crippen LogP contribution in [0, 0.1) is 5.82 Å². The molecule has 0 N–H and O–H groups in total. The number of rotatable bonds is 3. The van der Waals surface area contributed by atoms with Gasteiger partial charge in [0.2, 0.25) is 0 Å². The molecule has 0 radical (unpaired) electrons. The van der Waals surface area contributed by atoms with Crippen LogP contribution in [0.25, 0.3) is 5.65 Å². The van der Waals surface area contributed by atoms with Crippen LogP contribution in [-0.2, 0) is 6.54 Å². The van der Waals surface area contributed by atoms with Crippen molar-refractivity contribution in [2.45, 2.75) is 13.0 Å². The SMILES string of the molecule is O=C(c1cn2ccccc2n1)N1CCCN(Cc2ccc(F)cc2)CC1. The van der Waals surface area contributed by atoms with Gasteiger partial charge in [-0.25, -0.2) is 9.37 Å². The Bertz CT molecular complexity index is 873. The fourth-order valence-corrected chi connectivity index (χ4v) is 3.38. The number of aromatic nitrogens is 2. The molecule has 0 spiro atoms. The molecular formula is C20H21FN4O. The highest BCUT2D eigenvalue weighted by Gasteiger charge is 2.22. The Balaban J connectivity index is 1.41. The molecule has 0 saturated carbocycles. The lowest BCUT2D eigenvalue weighted by Crippen LogP contribution is -2.35. The van der Waals surface area contributed by atoms with E-state index in [0.29, 0.717) is 12.2 Å². The van der Waals surface area contributed by atoms with E-state index in [-0.39, 0.29) is 11.7 Å². The molecule has 1 saturated heterocycles. The highest BCUT2D eigenvalue weighted by molar-refractivity contribution is 5.93. The molecule has 26 heavy (non-hydrogen) atoms. The maximum Gasteiger partial charge on any atom is 0.274 e. The number of fused-ring (bicyclic) bond motifs is 1.